The quantitative estimate of drug-likeness (QED) is 0.236. The van der Waals surface area contributed by atoms with E-state index in [4.69, 9.17) is 0 Å². The Labute approximate surface area is 199 Å². The Morgan fingerprint density at radius 3 is 2.36 bits per heavy atom. The van der Waals surface area contributed by atoms with Gasteiger partial charge >= 0.3 is 0 Å². The lowest BCUT2D eigenvalue weighted by Gasteiger charge is -2.12. The van der Waals surface area contributed by atoms with Gasteiger partial charge in [0.1, 0.15) is 0 Å². The minimum absolute atomic E-state index is 0.0276. The van der Waals surface area contributed by atoms with E-state index >= 15 is 0 Å². The van der Waals surface area contributed by atoms with E-state index in [1.54, 1.807) is 0 Å². The van der Waals surface area contributed by atoms with Crippen LogP contribution in [-0.2, 0) is 4.79 Å². The SMILES string of the molecule is Cc1ccc(N=Nc2ccc(NC(=O)CSc3ccc4ccccc4c3)c(C)c2C)cc1C. The molecule has 1 N–H and O–H groups in total. The number of nitrogens with zero attached hydrogens (tertiary/aromatic N) is 2. The van der Waals surface area contributed by atoms with Gasteiger partial charge in [-0.05, 0) is 97.1 Å². The molecule has 0 unspecified atom stereocenters. The van der Waals surface area contributed by atoms with Crippen LogP contribution in [0.3, 0.4) is 0 Å². The van der Waals surface area contributed by atoms with Crippen LogP contribution in [0.5, 0.6) is 0 Å². The Kier molecular flexibility index (Phi) is 6.90. The van der Waals surface area contributed by atoms with E-state index in [9.17, 15) is 4.79 Å². The number of carbonyl (C=O) groups excluding carboxylic acids is 1. The molecule has 33 heavy (non-hydrogen) atoms. The number of nitrogens with one attached hydrogen (secondary N) is 1. The Morgan fingerprint density at radius 1 is 0.788 bits per heavy atom. The van der Waals surface area contributed by atoms with Crippen molar-refractivity contribution in [3.8, 4) is 0 Å². The molecule has 0 saturated heterocycles. The highest BCUT2D eigenvalue weighted by Gasteiger charge is 2.10. The summed E-state index contributed by atoms with van der Waals surface area (Å²) in [6.45, 7) is 8.15. The predicted octanol–water partition coefficient (Wildman–Crippen LogP) is 8.22. The van der Waals surface area contributed by atoms with E-state index in [-0.39, 0.29) is 5.91 Å². The second kappa shape index (κ2) is 10.0. The van der Waals surface area contributed by atoms with Gasteiger partial charge in [-0.1, -0.05) is 36.4 Å². The molecule has 4 nitrogen and oxygen atoms in total. The van der Waals surface area contributed by atoms with Crippen LogP contribution in [0.1, 0.15) is 22.3 Å². The van der Waals surface area contributed by atoms with Crippen LogP contribution >= 0.6 is 11.8 Å². The van der Waals surface area contributed by atoms with Crippen molar-refractivity contribution in [2.75, 3.05) is 11.1 Å². The molecule has 0 fully saturated rings. The first-order valence-electron chi connectivity index (χ1n) is 10.9. The molecule has 0 aliphatic heterocycles. The molecule has 0 aliphatic carbocycles. The van der Waals surface area contributed by atoms with Crippen molar-refractivity contribution in [3.63, 3.8) is 0 Å². The fourth-order valence-electron chi connectivity index (χ4n) is 3.54. The maximum Gasteiger partial charge on any atom is 0.234 e. The molecule has 0 aliphatic rings. The summed E-state index contributed by atoms with van der Waals surface area (Å²) in [7, 11) is 0. The second-order valence-corrected chi connectivity index (χ2v) is 9.25. The van der Waals surface area contributed by atoms with Gasteiger partial charge in [0.15, 0.2) is 0 Å². The minimum atomic E-state index is -0.0276. The zero-order chi connectivity index (χ0) is 23.4. The molecule has 4 aromatic rings. The summed E-state index contributed by atoms with van der Waals surface area (Å²) in [5.41, 5.74) is 6.87. The lowest BCUT2D eigenvalue weighted by atomic mass is 10.1. The first kappa shape index (κ1) is 22.7. The monoisotopic (exact) mass is 453 g/mol. The summed E-state index contributed by atoms with van der Waals surface area (Å²) in [5.74, 6) is 0.325. The number of hydrogen-bond donors (Lipinski definition) is 1. The van der Waals surface area contributed by atoms with Gasteiger partial charge in [0.05, 0.1) is 17.1 Å². The van der Waals surface area contributed by atoms with Crippen LogP contribution in [0.4, 0.5) is 17.1 Å². The van der Waals surface area contributed by atoms with Crippen LogP contribution in [0.25, 0.3) is 10.8 Å². The van der Waals surface area contributed by atoms with Crippen LogP contribution in [-0.4, -0.2) is 11.7 Å². The third kappa shape index (κ3) is 5.49. The molecule has 166 valence electrons. The van der Waals surface area contributed by atoms with Gasteiger partial charge in [-0.25, -0.2) is 0 Å². The fraction of sp³-hybridized carbons (Fsp3) is 0.179. The summed E-state index contributed by atoms with van der Waals surface area (Å²) in [5, 5.41) is 14.2. The zero-order valence-corrected chi connectivity index (χ0v) is 20.2. The number of benzene rings is 4. The number of fused-ring (bicyclic) bond motifs is 1. The molecule has 0 spiro atoms. The van der Waals surface area contributed by atoms with Crippen molar-refractivity contribution in [1.82, 2.24) is 0 Å². The second-order valence-electron chi connectivity index (χ2n) is 8.20. The van der Waals surface area contributed by atoms with E-state index in [1.165, 1.54) is 33.7 Å². The number of amides is 1. The normalized spacial score (nSPS) is 11.3. The fourth-order valence-corrected chi connectivity index (χ4v) is 4.29. The molecule has 0 aromatic heterocycles. The van der Waals surface area contributed by atoms with Gasteiger partial charge in [0.2, 0.25) is 5.91 Å². The number of thioether (sulfide) groups is 1. The molecular weight excluding hydrogens is 426 g/mol. The average molecular weight is 454 g/mol. The van der Waals surface area contributed by atoms with E-state index in [0.29, 0.717) is 5.75 Å². The van der Waals surface area contributed by atoms with Crippen LogP contribution < -0.4 is 5.32 Å². The van der Waals surface area contributed by atoms with Gasteiger partial charge in [0, 0.05) is 10.6 Å². The summed E-state index contributed by atoms with van der Waals surface area (Å²) in [6, 6.07) is 24.4. The molecule has 0 bridgehead atoms. The lowest BCUT2D eigenvalue weighted by Crippen LogP contribution is -2.15. The Morgan fingerprint density at radius 2 is 1.58 bits per heavy atom. The average Bonchev–Trinajstić information content (AvgIpc) is 2.82. The molecule has 4 rings (SSSR count). The largest absolute Gasteiger partial charge is 0.325 e. The number of carbonyl (C=O) groups is 1. The highest BCUT2D eigenvalue weighted by Crippen LogP contribution is 2.30. The van der Waals surface area contributed by atoms with Crippen molar-refractivity contribution in [2.45, 2.75) is 32.6 Å². The Hall–Kier alpha value is -3.44. The third-order valence-electron chi connectivity index (χ3n) is 5.89. The molecule has 0 radical (unpaired) electrons. The first-order valence-corrected chi connectivity index (χ1v) is 11.9. The molecular formula is C28H27N3OS. The van der Waals surface area contributed by atoms with E-state index < -0.39 is 0 Å². The summed E-state index contributed by atoms with van der Waals surface area (Å²) < 4.78 is 0. The van der Waals surface area contributed by atoms with Gasteiger partial charge in [-0.3, -0.25) is 4.79 Å². The molecule has 0 saturated carbocycles. The standard InChI is InChI=1S/C28H27N3OS/c1-18-9-11-24(15-19(18)2)30-31-27-14-13-26(20(3)21(27)4)29-28(32)17-33-25-12-10-22-7-5-6-8-23(22)16-25/h5-16H,17H2,1-4H3,(H,29,32). The number of hydrogen-bond acceptors (Lipinski definition) is 4. The zero-order valence-electron chi connectivity index (χ0n) is 19.3. The van der Waals surface area contributed by atoms with Gasteiger partial charge < -0.3 is 5.32 Å². The number of azo groups is 1. The van der Waals surface area contributed by atoms with Gasteiger partial charge in [-0.2, -0.15) is 10.2 Å². The highest BCUT2D eigenvalue weighted by atomic mass is 32.2. The van der Waals surface area contributed by atoms with Gasteiger partial charge in [0.25, 0.3) is 0 Å². The number of aryl methyl sites for hydroxylation is 2. The van der Waals surface area contributed by atoms with Crippen molar-refractivity contribution < 1.29 is 4.79 Å². The number of anilines is 1. The summed E-state index contributed by atoms with van der Waals surface area (Å²) in [6.07, 6.45) is 0. The van der Waals surface area contributed by atoms with Crippen LogP contribution in [0.2, 0.25) is 0 Å². The minimum Gasteiger partial charge on any atom is -0.325 e. The van der Waals surface area contributed by atoms with Crippen LogP contribution in [0.15, 0.2) is 87.9 Å². The molecule has 0 heterocycles. The van der Waals surface area contributed by atoms with Crippen molar-refractivity contribution in [1.29, 1.82) is 0 Å². The third-order valence-corrected chi connectivity index (χ3v) is 6.88. The van der Waals surface area contributed by atoms with Crippen molar-refractivity contribution >= 4 is 45.5 Å². The van der Waals surface area contributed by atoms with Gasteiger partial charge in [-0.15, -0.1) is 11.8 Å². The summed E-state index contributed by atoms with van der Waals surface area (Å²) >= 11 is 1.54. The van der Waals surface area contributed by atoms with Crippen molar-refractivity contribution in [2.24, 2.45) is 10.2 Å². The van der Waals surface area contributed by atoms with Crippen molar-refractivity contribution in [3.05, 3.63) is 95.1 Å². The molecule has 0 atom stereocenters. The maximum absolute atomic E-state index is 12.6. The number of rotatable bonds is 6. The molecule has 1 amide bonds. The molecule has 4 aromatic carbocycles. The summed E-state index contributed by atoms with van der Waals surface area (Å²) in [4.78, 5) is 13.7. The first-order chi connectivity index (χ1) is 15.9. The predicted molar refractivity (Wildman–Crippen MR) is 139 cm³/mol. The lowest BCUT2D eigenvalue weighted by molar-refractivity contribution is -0.113. The van der Waals surface area contributed by atoms with Crippen LogP contribution in [0, 0.1) is 27.7 Å². The van der Waals surface area contributed by atoms with E-state index in [1.807, 2.05) is 50.2 Å². The van der Waals surface area contributed by atoms with E-state index in [2.05, 4.69) is 65.8 Å². The smallest absolute Gasteiger partial charge is 0.234 e. The Balaban J connectivity index is 1.41. The Bertz CT molecular complexity index is 1360. The van der Waals surface area contributed by atoms with E-state index in [0.717, 1.165) is 33.1 Å². The maximum atomic E-state index is 12.6. The topological polar surface area (TPSA) is 53.8 Å². The highest BCUT2D eigenvalue weighted by molar-refractivity contribution is 8.00. The molecule has 5 heteroatoms.